The van der Waals surface area contributed by atoms with Gasteiger partial charge in [-0.05, 0) is 72.9 Å². The highest BCUT2D eigenvalue weighted by Crippen LogP contribution is 2.23. The summed E-state index contributed by atoms with van der Waals surface area (Å²) in [6.45, 7) is 0.353. The fraction of sp³-hybridized carbons (Fsp3) is 0.174. The summed E-state index contributed by atoms with van der Waals surface area (Å²) in [4.78, 5) is 29.2. The topological polar surface area (TPSA) is 71.1 Å². The third-order valence-corrected chi connectivity index (χ3v) is 4.90. The number of nitrogens with one attached hydrogen (secondary N) is 2. The molecule has 1 aliphatic carbocycles. The molecule has 0 aliphatic heterocycles. The summed E-state index contributed by atoms with van der Waals surface area (Å²) in [7, 11) is 0. The van der Waals surface area contributed by atoms with Gasteiger partial charge >= 0.3 is 0 Å². The Morgan fingerprint density at radius 3 is 2.57 bits per heavy atom. The van der Waals surface area contributed by atoms with Crippen molar-refractivity contribution >= 4 is 17.5 Å². The molecule has 0 radical (unpaired) electrons. The van der Waals surface area contributed by atoms with E-state index in [0.717, 1.165) is 25.0 Å². The minimum atomic E-state index is -0.209. The van der Waals surface area contributed by atoms with Gasteiger partial charge in [0, 0.05) is 23.0 Å². The summed E-state index contributed by atoms with van der Waals surface area (Å²) >= 11 is 0. The van der Waals surface area contributed by atoms with Gasteiger partial charge in [-0.3, -0.25) is 14.6 Å². The van der Waals surface area contributed by atoms with Gasteiger partial charge in [-0.15, -0.1) is 0 Å². The number of carbonyl (C=O) groups excluding carboxylic acids is 2. The maximum absolute atomic E-state index is 12.6. The number of rotatable bonds is 5. The standard InChI is InChI=1S/C23H21N3O2/c27-22(25-15-21-8-1-2-12-24-21)18-7-4-9-20(14-18)26-23(28)19-11-10-16-5-3-6-17(16)13-19/h1-2,4,7-14H,3,5-6,15H2,(H,25,27)(H,26,28). The van der Waals surface area contributed by atoms with Crippen molar-refractivity contribution in [3.8, 4) is 0 Å². The van der Waals surface area contributed by atoms with Crippen molar-refractivity contribution in [2.75, 3.05) is 5.32 Å². The maximum atomic E-state index is 12.6. The average Bonchev–Trinajstić information content (AvgIpc) is 3.21. The van der Waals surface area contributed by atoms with Crippen molar-refractivity contribution in [3.05, 3.63) is 94.8 Å². The molecule has 0 fully saturated rings. The number of nitrogens with zero attached hydrogens (tertiary/aromatic N) is 1. The second kappa shape index (κ2) is 8.05. The van der Waals surface area contributed by atoms with Crippen LogP contribution in [0, 0.1) is 0 Å². The van der Waals surface area contributed by atoms with Gasteiger partial charge in [0.15, 0.2) is 0 Å². The van der Waals surface area contributed by atoms with Gasteiger partial charge in [0.2, 0.25) is 0 Å². The van der Waals surface area contributed by atoms with Gasteiger partial charge in [0.05, 0.1) is 12.2 Å². The summed E-state index contributed by atoms with van der Waals surface area (Å²) in [6, 6.07) is 18.4. The van der Waals surface area contributed by atoms with Crippen molar-refractivity contribution < 1.29 is 9.59 Å². The van der Waals surface area contributed by atoms with Crippen molar-refractivity contribution in [2.24, 2.45) is 0 Å². The summed E-state index contributed by atoms with van der Waals surface area (Å²) < 4.78 is 0. The van der Waals surface area contributed by atoms with Crippen LogP contribution in [0.3, 0.4) is 0 Å². The molecular formula is C23H21N3O2. The molecule has 0 bridgehead atoms. The highest BCUT2D eigenvalue weighted by Gasteiger charge is 2.14. The molecule has 0 saturated carbocycles. The molecule has 2 N–H and O–H groups in total. The van der Waals surface area contributed by atoms with Crippen LogP contribution in [0.2, 0.25) is 0 Å². The minimum absolute atomic E-state index is 0.166. The van der Waals surface area contributed by atoms with E-state index in [1.807, 2.05) is 36.4 Å². The van der Waals surface area contributed by atoms with Crippen LogP contribution in [0.1, 0.15) is 44.0 Å². The van der Waals surface area contributed by atoms with E-state index in [0.29, 0.717) is 23.4 Å². The van der Waals surface area contributed by atoms with Gasteiger partial charge in [-0.25, -0.2) is 0 Å². The van der Waals surface area contributed by atoms with Crippen LogP contribution in [0.25, 0.3) is 0 Å². The van der Waals surface area contributed by atoms with Gasteiger partial charge in [-0.2, -0.15) is 0 Å². The average molecular weight is 371 g/mol. The summed E-state index contributed by atoms with van der Waals surface area (Å²) in [5.74, 6) is -0.375. The van der Waals surface area contributed by atoms with Crippen LogP contribution in [0.4, 0.5) is 5.69 Å². The normalized spacial score (nSPS) is 12.3. The molecule has 1 aliphatic rings. The molecule has 0 spiro atoms. The molecule has 1 heterocycles. The largest absolute Gasteiger partial charge is 0.346 e. The van der Waals surface area contributed by atoms with Crippen LogP contribution in [0.5, 0.6) is 0 Å². The lowest BCUT2D eigenvalue weighted by atomic mass is 10.1. The number of benzene rings is 2. The zero-order valence-corrected chi connectivity index (χ0v) is 15.4. The third kappa shape index (κ3) is 4.09. The van der Waals surface area contributed by atoms with Crippen LogP contribution >= 0.6 is 0 Å². The van der Waals surface area contributed by atoms with Crippen LogP contribution in [-0.2, 0) is 19.4 Å². The second-order valence-corrected chi connectivity index (χ2v) is 6.88. The van der Waals surface area contributed by atoms with E-state index in [1.165, 1.54) is 11.1 Å². The molecule has 5 nitrogen and oxygen atoms in total. The zero-order chi connectivity index (χ0) is 19.3. The van der Waals surface area contributed by atoms with E-state index < -0.39 is 0 Å². The number of anilines is 1. The van der Waals surface area contributed by atoms with E-state index >= 15 is 0 Å². The first kappa shape index (κ1) is 17.9. The number of amides is 2. The predicted molar refractivity (Wildman–Crippen MR) is 108 cm³/mol. The van der Waals surface area contributed by atoms with E-state index in [9.17, 15) is 9.59 Å². The minimum Gasteiger partial charge on any atom is -0.346 e. The van der Waals surface area contributed by atoms with Crippen LogP contribution in [0.15, 0.2) is 66.9 Å². The van der Waals surface area contributed by atoms with Crippen LogP contribution in [-0.4, -0.2) is 16.8 Å². The highest BCUT2D eigenvalue weighted by atomic mass is 16.2. The van der Waals surface area contributed by atoms with Gasteiger partial charge in [-0.1, -0.05) is 18.2 Å². The number of carbonyl (C=O) groups is 2. The molecule has 4 rings (SSSR count). The zero-order valence-electron chi connectivity index (χ0n) is 15.4. The first-order chi connectivity index (χ1) is 13.7. The lowest BCUT2D eigenvalue weighted by molar-refractivity contribution is 0.0949. The molecule has 0 unspecified atom stereocenters. The Kier molecular flexibility index (Phi) is 5.15. The molecule has 2 aromatic carbocycles. The lowest BCUT2D eigenvalue weighted by Crippen LogP contribution is -2.23. The number of fused-ring (bicyclic) bond motifs is 1. The van der Waals surface area contributed by atoms with Crippen molar-refractivity contribution in [2.45, 2.75) is 25.8 Å². The van der Waals surface area contributed by atoms with Gasteiger partial charge in [0.1, 0.15) is 0 Å². The Labute approximate surface area is 163 Å². The van der Waals surface area contributed by atoms with Gasteiger partial charge < -0.3 is 10.6 Å². The van der Waals surface area contributed by atoms with Crippen molar-refractivity contribution in [1.29, 1.82) is 0 Å². The molecule has 0 atom stereocenters. The number of aryl methyl sites for hydroxylation is 2. The summed E-state index contributed by atoms with van der Waals surface area (Å²) in [5.41, 5.74) is 5.11. The Hall–Kier alpha value is -3.47. The molecule has 5 heteroatoms. The smallest absolute Gasteiger partial charge is 0.255 e. The fourth-order valence-electron chi connectivity index (χ4n) is 3.43. The Balaban J connectivity index is 1.42. The van der Waals surface area contributed by atoms with E-state index in [1.54, 1.807) is 30.5 Å². The number of aromatic nitrogens is 1. The Morgan fingerprint density at radius 2 is 1.71 bits per heavy atom. The molecule has 140 valence electrons. The maximum Gasteiger partial charge on any atom is 0.255 e. The second-order valence-electron chi connectivity index (χ2n) is 6.88. The fourth-order valence-corrected chi connectivity index (χ4v) is 3.43. The highest BCUT2D eigenvalue weighted by molar-refractivity contribution is 6.05. The lowest BCUT2D eigenvalue weighted by Gasteiger charge is -2.09. The first-order valence-corrected chi connectivity index (χ1v) is 9.40. The predicted octanol–water partition coefficient (Wildman–Crippen LogP) is 3.75. The number of pyridine rings is 1. The summed E-state index contributed by atoms with van der Waals surface area (Å²) in [6.07, 6.45) is 4.96. The Morgan fingerprint density at radius 1 is 0.857 bits per heavy atom. The molecule has 0 saturated heterocycles. The molecule has 2 amide bonds. The SMILES string of the molecule is O=C(NCc1ccccn1)c1cccc(NC(=O)c2ccc3c(c2)CCC3)c1. The summed E-state index contributed by atoms with van der Waals surface area (Å²) in [5, 5.41) is 5.73. The molecule has 28 heavy (non-hydrogen) atoms. The van der Waals surface area contributed by atoms with E-state index in [4.69, 9.17) is 0 Å². The van der Waals surface area contributed by atoms with Crippen LogP contribution < -0.4 is 10.6 Å². The molecule has 1 aromatic heterocycles. The third-order valence-electron chi connectivity index (χ3n) is 4.90. The van der Waals surface area contributed by atoms with E-state index in [2.05, 4.69) is 15.6 Å². The number of hydrogen-bond acceptors (Lipinski definition) is 3. The van der Waals surface area contributed by atoms with Gasteiger partial charge in [0.25, 0.3) is 11.8 Å². The number of hydrogen-bond donors (Lipinski definition) is 2. The molecular weight excluding hydrogens is 350 g/mol. The first-order valence-electron chi connectivity index (χ1n) is 9.40. The quantitative estimate of drug-likeness (QED) is 0.717. The monoisotopic (exact) mass is 371 g/mol. The molecule has 3 aromatic rings. The van der Waals surface area contributed by atoms with Crippen molar-refractivity contribution in [1.82, 2.24) is 10.3 Å². The Bertz CT molecular complexity index is 1020. The van der Waals surface area contributed by atoms with E-state index in [-0.39, 0.29) is 11.8 Å². The van der Waals surface area contributed by atoms with Crippen molar-refractivity contribution in [3.63, 3.8) is 0 Å².